The quantitative estimate of drug-likeness (QED) is 0.152. The maximum absolute atomic E-state index is 12.7. The van der Waals surface area contributed by atoms with Crippen molar-refractivity contribution in [2.75, 3.05) is 13.1 Å². The Morgan fingerprint density at radius 2 is 1.65 bits per heavy atom. The van der Waals surface area contributed by atoms with E-state index in [1.807, 2.05) is 43.3 Å². The highest BCUT2D eigenvalue weighted by Crippen LogP contribution is 2.17. The minimum atomic E-state index is -0.00884. The number of rotatable bonds is 18. The zero-order valence-electron chi connectivity index (χ0n) is 22.1. The van der Waals surface area contributed by atoms with Crippen LogP contribution in [0.5, 0.6) is 0 Å². The average Bonchev–Trinajstić information content (AvgIpc) is 3.34. The zero-order valence-corrected chi connectivity index (χ0v) is 22.1. The Morgan fingerprint density at radius 1 is 0.865 bits per heavy atom. The third kappa shape index (κ3) is 9.96. The van der Waals surface area contributed by atoms with Gasteiger partial charge in [-0.3, -0.25) is 14.4 Å². The first-order chi connectivity index (χ1) is 18.1. The number of nitrogens with one attached hydrogen (secondary N) is 3. The van der Waals surface area contributed by atoms with Crippen LogP contribution in [0.4, 0.5) is 0 Å². The molecular formula is C31H41N3O3. The molecule has 0 spiro atoms. The zero-order chi connectivity index (χ0) is 26.3. The molecule has 1 atom stereocenters. The van der Waals surface area contributed by atoms with Gasteiger partial charge in [-0.25, -0.2) is 0 Å². The lowest BCUT2D eigenvalue weighted by molar-refractivity contribution is -0.122. The summed E-state index contributed by atoms with van der Waals surface area (Å²) in [6.07, 6.45) is 9.21. The lowest BCUT2D eigenvalue weighted by Crippen LogP contribution is -2.42. The molecule has 0 fully saturated rings. The molecule has 3 N–H and O–H groups in total. The molecule has 198 valence electrons. The molecule has 3 rings (SSSR count). The van der Waals surface area contributed by atoms with Gasteiger partial charge in [0.25, 0.3) is 0 Å². The van der Waals surface area contributed by atoms with Gasteiger partial charge >= 0.3 is 0 Å². The molecule has 2 aromatic carbocycles. The molecule has 0 saturated heterocycles. The molecule has 3 aromatic rings. The highest BCUT2D eigenvalue weighted by Gasteiger charge is 2.14. The Balaban J connectivity index is 1.42. The maximum atomic E-state index is 12.7. The van der Waals surface area contributed by atoms with Crippen molar-refractivity contribution in [3.63, 3.8) is 0 Å². The first-order valence-electron chi connectivity index (χ1n) is 13.7. The first-order valence-corrected chi connectivity index (χ1v) is 13.7. The Hall–Kier alpha value is -3.25. The summed E-state index contributed by atoms with van der Waals surface area (Å²) in [6.45, 7) is 3.43. The number of hydrogen-bond donors (Lipinski definition) is 3. The van der Waals surface area contributed by atoms with Crippen LogP contribution in [0.15, 0.2) is 60.8 Å². The summed E-state index contributed by atoms with van der Waals surface area (Å²) in [4.78, 5) is 39.8. The molecule has 1 heterocycles. The minimum Gasteiger partial charge on any atom is -0.361 e. The fourth-order valence-corrected chi connectivity index (χ4v) is 4.61. The molecule has 1 amide bonds. The van der Waals surface area contributed by atoms with Crippen molar-refractivity contribution in [1.82, 2.24) is 15.6 Å². The second-order valence-corrected chi connectivity index (χ2v) is 9.71. The van der Waals surface area contributed by atoms with E-state index in [9.17, 15) is 14.4 Å². The molecule has 6 heteroatoms. The highest BCUT2D eigenvalue weighted by atomic mass is 16.2. The van der Waals surface area contributed by atoms with Crippen molar-refractivity contribution in [1.29, 1.82) is 0 Å². The molecule has 0 radical (unpaired) electrons. The number of H-pyrrole nitrogens is 1. The molecular weight excluding hydrogens is 462 g/mol. The van der Waals surface area contributed by atoms with Crippen LogP contribution in [-0.4, -0.2) is 41.6 Å². The van der Waals surface area contributed by atoms with Gasteiger partial charge in [0, 0.05) is 60.9 Å². The van der Waals surface area contributed by atoms with Crippen molar-refractivity contribution >= 4 is 28.4 Å². The van der Waals surface area contributed by atoms with Crippen molar-refractivity contribution < 1.29 is 14.4 Å². The number of unbranched alkanes of at least 4 members (excludes halogenated alkanes) is 2. The number of Topliss-reactive ketones (excluding diaryl/α,β-unsaturated/α-hetero) is 2. The molecule has 6 nitrogen and oxygen atoms in total. The second kappa shape index (κ2) is 15.8. The number of carbonyl (C=O) groups excluding carboxylic acids is 3. The van der Waals surface area contributed by atoms with Crippen molar-refractivity contribution in [3.8, 4) is 0 Å². The molecule has 37 heavy (non-hydrogen) atoms. The van der Waals surface area contributed by atoms with Gasteiger partial charge in [0.05, 0.1) is 0 Å². The van der Waals surface area contributed by atoms with E-state index < -0.39 is 0 Å². The fraction of sp³-hybridized carbons (Fsp3) is 0.452. The van der Waals surface area contributed by atoms with Crippen LogP contribution < -0.4 is 10.6 Å². The van der Waals surface area contributed by atoms with E-state index in [2.05, 4.69) is 40.0 Å². The summed E-state index contributed by atoms with van der Waals surface area (Å²) in [5, 5.41) is 7.95. The first kappa shape index (κ1) is 28.3. The standard InChI is InChI=1S/C31H41N3O3/c1-2-27(35)15-8-4-7-14-26(23-32-21-20-25-22-33-29-17-10-9-16-28(25)29)34-31(37)19-11-18-30(36)24-12-5-3-6-13-24/h3,5-6,9-10,12-13,16-17,22,26,32-33H,2,4,7-8,11,14-15,18-21,23H2,1H3,(H,34,37). The summed E-state index contributed by atoms with van der Waals surface area (Å²) < 4.78 is 0. The SMILES string of the molecule is CCC(=O)CCCCCC(CNCCc1c[nH]c2ccccc12)NC(=O)CCCC(=O)c1ccccc1. The maximum Gasteiger partial charge on any atom is 0.220 e. The Kier molecular flexibility index (Phi) is 12.1. The van der Waals surface area contributed by atoms with E-state index in [4.69, 9.17) is 0 Å². The van der Waals surface area contributed by atoms with Crippen LogP contribution in [0.1, 0.15) is 80.6 Å². The van der Waals surface area contributed by atoms with E-state index in [-0.39, 0.29) is 17.7 Å². The summed E-state index contributed by atoms with van der Waals surface area (Å²) in [5.41, 5.74) is 3.13. The number of amides is 1. The lowest BCUT2D eigenvalue weighted by atomic mass is 10.0. The number of hydrogen-bond acceptors (Lipinski definition) is 4. The van der Waals surface area contributed by atoms with Crippen LogP contribution in [0.3, 0.4) is 0 Å². The van der Waals surface area contributed by atoms with Gasteiger partial charge in [-0.2, -0.15) is 0 Å². The Labute approximate surface area is 220 Å². The van der Waals surface area contributed by atoms with Gasteiger partial charge in [0.2, 0.25) is 5.91 Å². The fourth-order valence-electron chi connectivity index (χ4n) is 4.61. The number of carbonyl (C=O) groups is 3. The lowest BCUT2D eigenvalue weighted by Gasteiger charge is -2.20. The van der Waals surface area contributed by atoms with Gasteiger partial charge in [-0.15, -0.1) is 0 Å². The number of aromatic amines is 1. The molecule has 0 aliphatic rings. The normalized spacial score (nSPS) is 11.9. The summed E-state index contributed by atoms with van der Waals surface area (Å²) in [5.74, 6) is 0.379. The summed E-state index contributed by atoms with van der Waals surface area (Å²) >= 11 is 0. The van der Waals surface area contributed by atoms with Crippen molar-refractivity contribution in [2.45, 2.75) is 77.2 Å². The van der Waals surface area contributed by atoms with E-state index in [1.165, 1.54) is 10.9 Å². The van der Waals surface area contributed by atoms with Gasteiger partial charge in [0.1, 0.15) is 5.78 Å². The number of para-hydroxylation sites is 1. The summed E-state index contributed by atoms with van der Waals surface area (Å²) in [7, 11) is 0. The third-order valence-corrected chi connectivity index (χ3v) is 6.81. The van der Waals surface area contributed by atoms with Crippen LogP contribution in [-0.2, 0) is 16.0 Å². The van der Waals surface area contributed by atoms with E-state index >= 15 is 0 Å². The van der Waals surface area contributed by atoms with Crippen molar-refractivity contribution in [2.24, 2.45) is 0 Å². The van der Waals surface area contributed by atoms with Crippen LogP contribution >= 0.6 is 0 Å². The van der Waals surface area contributed by atoms with Gasteiger partial charge in [-0.1, -0.05) is 68.3 Å². The predicted octanol–water partition coefficient (Wildman–Crippen LogP) is 5.77. The molecule has 0 aliphatic heterocycles. The molecule has 1 aromatic heterocycles. The molecule has 0 saturated carbocycles. The second-order valence-electron chi connectivity index (χ2n) is 9.71. The monoisotopic (exact) mass is 503 g/mol. The largest absolute Gasteiger partial charge is 0.361 e. The smallest absolute Gasteiger partial charge is 0.220 e. The molecule has 0 bridgehead atoms. The number of benzene rings is 2. The molecule has 0 aliphatic carbocycles. The van der Waals surface area contributed by atoms with Crippen LogP contribution in [0, 0.1) is 0 Å². The number of ketones is 2. The Bertz CT molecular complexity index is 1120. The predicted molar refractivity (Wildman–Crippen MR) is 150 cm³/mol. The van der Waals surface area contributed by atoms with E-state index in [0.717, 1.165) is 44.2 Å². The Morgan fingerprint density at radius 3 is 2.46 bits per heavy atom. The third-order valence-electron chi connectivity index (χ3n) is 6.81. The highest BCUT2D eigenvalue weighted by molar-refractivity contribution is 5.96. The van der Waals surface area contributed by atoms with E-state index in [0.29, 0.717) is 50.0 Å². The van der Waals surface area contributed by atoms with Crippen LogP contribution in [0.2, 0.25) is 0 Å². The van der Waals surface area contributed by atoms with Crippen molar-refractivity contribution in [3.05, 3.63) is 71.9 Å². The summed E-state index contributed by atoms with van der Waals surface area (Å²) in [6, 6.07) is 17.6. The van der Waals surface area contributed by atoms with Gasteiger partial charge in [-0.05, 0) is 43.9 Å². The number of fused-ring (bicyclic) bond motifs is 1. The minimum absolute atomic E-state index is 0.00884. The van der Waals surface area contributed by atoms with E-state index in [1.54, 1.807) is 0 Å². The van der Waals surface area contributed by atoms with Gasteiger partial charge < -0.3 is 15.6 Å². The van der Waals surface area contributed by atoms with Gasteiger partial charge in [0.15, 0.2) is 5.78 Å². The topological polar surface area (TPSA) is 91.1 Å². The van der Waals surface area contributed by atoms with Crippen LogP contribution in [0.25, 0.3) is 10.9 Å². The molecule has 1 unspecified atom stereocenters. The average molecular weight is 504 g/mol. The number of aromatic nitrogens is 1.